The van der Waals surface area contributed by atoms with E-state index in [0.29, 0.717) is 0 Å². The number of aliphatic hydroxyl groups excluding tert-OH is 4. The maximum atomic E-state index is 12.9. The van der Waals surface area contributed by atoms with Crippen LogP contribution in [0, 0.1) is 0 Å². The molecule has 1 aliphatic rings. The van der Waals surface area contributed by atoms with Crippen molar-refractivity contribution in [1.29, 1.82) is 0 Å². The average Bonchev–Trinajstić information content (AvgIpc) is 2.77. The maximum Gasteiger partial charge on any atom is 0.238 e. The summed E-state index contributed by atoms with van der Waals surface area (Å²) in [5, 5.41) is 91.0. The van der Waals surface area contributed by atoms with Crippen molar-refractivity contribution in [3.8, 4) is 34.3 Å². The van der Waals surface area contributed by atoms with Gasteiger partial charge in [-0.1, -0.05) is 0 Å². The molecule has 0 amide bonds. The predicted molar refractivity (Wildman–Crippen MR) is 108 cm³/mol. The number of hydrogen-bond acceptors (Lipinski definition) is 12. The van der Waals surface area contributed by atoms with E-state index in [4.69, 9.17) is 9.15 Å². The number of aliphatic hydroxyl groups is 5. The van der Waals surface area contributed by atoms with Gasteiger partial charge in [0.15, 0.2) is 5.76 Å². The fourth-order valence-corrected chi connectivity index (χ4v) is 3.83. The summed E-state index contributed by atoms with van der Waals surface area (Å²) in [4.78, 5) is 12.9. The van der Waals surface area contributed by atoms with Crippen LogP contribution in [0.5, 0.6) is 23.0 Å². The van der Waals surface area contributed by atoms with E-state index in [1.165, 1.54) is 24.3 Å². The zero-order chi connectivity index (χ0) is 24.2. The van der Waals surface area contributed by atoms with Gasteiger partial charge in [-0.2, -0.15) is 0 Å². The molecule has 0 aliphatic carbocycles. The van der Waals surface area contributed by atoms with Gasteiger partial charge in [0.25, 0.3) is 0 Å². The first-order chi connectivity index (χ1) is 15.5. The molecule has 1 aliphatic heterocycles. The third-order valence-corrected chi connectivity index (χ3v) is 5.57. The summed E-state index contributed by atoms with van der Waals surface area (Å²) in [7, 11) is 0. The van der Waals surface area contributed by atoms with Gasteiger partial charge in [0.2, 0.25) is 17.0 Å². The van der Waals surface area contributed by atoms with Crippen molar-refractivity contribution in [2.45, 2.75) is 30.2 Å². The fraction of sp³-hybridized carbons (Fsp3) is 0.286. The van der Waals surface area contributed by atoms with Crippen molar-refractivity contribution in [2.75, 3.05) is 6.61 Å². The second-order valence-corrected chi connectivity index (χ2v) is 7.61. The Morgan fingerprint density at radius 3 is 2.18 bits per heavy atom. The van der Waals surface area contributed by atoms with E-state index in [1.54, 1.807) is 0 Å². The number of aromatic hydroxyl groups is 4. The second kappa shape index (κ2) is 7.88. The first-order valence-electron chi connectivity index (χ1n) is 9.61. The van der Waals surface area contributed by atoms with E-state index in [1.807, 2.05) is 0 Å². The highest BCUT2D eigenvalue weighted by atomic mass is 16.7. The molecule has 33 heavy (non-hydrogen) atoms. The first kappa shape index (κ1) is 22.8. The number of rotatable bonds is 3. The summed E-state index contributed by atoms with van der Waals surface area (Å²) < 4.78 is 10.6. The molecule has 0 radical (unpaired) electrons. The molecule has 0 saturated carbocycles. The highest BCUT2D eigenvalue weighted by Gasteiger charge is 2.56. The van der Waals surface area contributed by atoms with E-state index in [9.17, 15) is 50.8 Å². The van der Waals surface area contributed by atoms with Crippen molar-refractivity contribution in [3.63, 3.8) is 0 Å². The number of phenolic OH excluding ortho intramolecular Hbond substituents is 3. The lowest BCUT2D eigenvalue weighted by Crippen LogP contribution is -2.63. The van der Waals surface area contributed by atoms with Gasteiger partial charge in [0.1, 0.15) is 52.6 Å². The fourth-order valence-electron chi connectivity index (χ4n) is 3.83. The molecule has 2 heterocycles. The van der Waals surface area contributed by atoms with Crippen LogP contribution in [0.4, 0.5) is 0 Å². The summed E-state index contributed by atoms with van der Waals surface area (Å²) >= 11 is 0. The van der Waals surface area contributed by atoms with Gasteiger partial charge in [-0.25, -0.2) is 0 Å². The molecule has 4 rings (SSSR count). The Morgan fingerprint density at radius 1 is 0.939 bits per heavy atom. The van der Waals surface area contributed by atoms with Crippen LogP contribution in [0.1, 0.15) is 5.56 Å². The molecule has 5 atom stereocenters. The van der Waals surface area contributed by atoms with Crippen LogP contribution in [0.25, 0.3) is 22.3 Å². The van der Waals surface area contributed by atoms with Crippen molar-refractivity contribution in [2.24, 2.45) is 0 Å². The summed E-state index contributed by atoms with van der Waals surface area (Å²) in [5.41, 5.74) is -2.38. The number of ether oxygens (including phenoxy) is 1. The SMILES string of the molecule is O=c1c(O)c(-c2ccc(O)cc2)oc2cc(O)c(C3(O)O[C@H](CO)[C@@H](O)[C@H](O)[C@H]3O)c(O)c12. The Morgan fingerprint density at radius 2 is 1.58 bits per heavy atom. The minimum absolute atomic E-state index is 0.0888. The molecule has 1 fully saturated rings. The smallest absolute Gasteiger partial charge is 0.238 e. The highest BCUT2D eigenvalue weighted by molar-refractivity contribution is 5.90. The molecule has 1 unspecified atom stereocenters. The maximum absolute atomic E-state index is 12.9. The van der Waals surface area contributed by atoms with E-state index >= 15 is 0 Å². The summed E-state index contributed by atoms with van der Waals surface area (Å²) in [6, 6.07) is 6.01. The van der Waals surface area contributed by atoms with Gasteiger partial charge in [-0.15, -0.1) is 0 Å². The Bertz CT molecular complexity index is 1270. The van der Waals surface area contributed by atoms with Crippen LogP contribution in [-0.2, 0) is 10.5 Å². The number of phenols is 3. The van der Waals surface area contributed by atoms with Gasteiger partial charge >= 0.3 is 0 Å². The van der Waals surface area contributed by atoms with Gasteiger partial charge in [-0.05, 0) is 24.3 Å². The lowest BCUT2D eigenvalue weighted by molar-refractivity contribution is -0.358. The van der Waals surface area contributed by atoms with Crippen molar-refractivity contribution >= 4 is 11.0 Å². The quantitative estimate of drug-likeness (QED) is 0.225. The molecular weight excluding hydrogens is 444 g/mol. The van der Waals surface area contributed by atoms with Crippen LogP contribution < -0.4 is 5.43 Å². The summed E-state index contributed by atoms with van der Waals surface area (Å²) in [6.45, 7) is -0.915. The standard InChI is InChI=1S/C21H20O12/c22-6-11-14(25)18(29)20(30)21(31,33-11)13-9(24)5-10-12(15(13)26)16(27)17(28)19(32-10)7-1-3-8(23)4-2-7/h1-5,11,14,18,20,22-26,28-31H,6H2/t11-,14-,18+,20-,21?/m1/s1. The number of hydrogen-bond donors (Lipinski definition) is 9. The molecular formula is C21H20O12. The molecule has 1 saturated heterocycles. The van der Waals surface area contributed by atoms with Gasteiger partial charge in [0, 0.05) is 11.6 Å². The van der Waals surface area contributed by atoms with Gasteiger partial charge in [-0.3, -0.25) is 4.79 Å². The number of fused-ring (bicyclic) bond motifs is 1. The normalized spacial score (nSPS) is 27.7. The summed E-state index contributed by atoms with van der Waals surface area (Å²) in [6.07, 6.45) is -7.86. The van der Waals surface area contributed by atoms with Gasteiger partial charge in [0.05, 0.1) is 12.2 Å². The minimum atomic E-state index is -3.08. The molecule has 0 spiro atoms. The van der Waals surface area contributed by atoms with E-state index in [0.717, 1.165) is 6.07 Å². The second-order valence-electron chi connectivity index (χ2n) is 7.61. The van der Waals surface area contributed by atoms with Crippen molar-refractivity contribution in [1.82, 2.24) is 0 Å². The Kier molecular flexibility index (Phi) is 5.44. The molecule has 12 nitrogen and oxygen atoms in total. The Labute approximate surface area is 184 Å². The van der Waals surface area contributed by atoms with Crippen LogP contribution in [0.2, 0.25) is 0 Å². The number of benzene rings is 2. The van der Waals surface area contributed by atoms with Crippen LogP contribution in [-0.4, -0.2) is 77.0 Å². The topological polar surface area (TPSA) is 222 Å². The molecule has 0 bridgehead atoms. The molecule has 12 heteroatoms. The average molecular weight is 464 g/mol. The Balaban J connectivity index is 1.96. The lowest BCUT2D eigenvalue weighted by Gasteiger charge is -2.45. The van der Waals surface area contributed by atoms with E-state index in [-0.39, 0.29) is 17.1 Å². The zero-order valence-electron chi connectivity index (χ0n) is 16.7. The van der Waals surface area contributed by atoms with E-state index in [2.05, 4.69) is 0 Å². The van der Waals surface area contributed by atoms with Crippen LogP contribution >= 0.6 is 0 Å². The molecule has 2 aromatic carbocycles. The predicted octanol–water partition coefficient (Wildman–Crippen LogP) is -1.10. The zero-order valence-corrected chi connectivity index (χ0v) is 16.7. The molecule has 176 valence electrons. The van der Waals surface area contributed by atoms with E-state index < -0.39 is 76.0 Å². The minimum Gasteiger partial charge on any atom is -0.508 e. The third-order valence-electron chi connectivity index (χ3n) is 5.57. The third kappa shape index (κ3) is 3.36. The molecule has 1 aromatic heterocycles. The lowest BCUT2D eigenvalue weighted by atomic mass is 9.86. The monoisotopic (exact) mass is 464 g/mol. The first-order valence-corrected chi connectivity index (χ1v) is 9.61. The van der Waals surface area contributed by atoms with Crippen LogP contribution in [0.3, 0.4) is 0 Å². The van der Waals surface area contributed by atoms with Crippen LogP contribution in [0.15, 0.2) is 39.5 Å². The summed E-state index contributed by atoms with van der Waals surface area (Å²) in [5.74, 6) is -6.53. The van der Waals surface area contributed by atoms with Crippen molar-refractivity contribution in [3.05, 3.63) is 46.1 Å². The molecule has 9 N–H and O–H groups in total. The van der Waals surface area contributed by atoms with Crippen molar-refractivity contribution < 1.29 is 55.1 Å². The van der Waals surface area contributed by atoms with Gasteiger partial charge < -0.3 is 55.1 Å². The largest absolute Gasteiger partial charge is 0.508 e. The molecule has 3 aromatic rings. The Hall–Kier alpha value is -3.39. The highest BCUT2D eigenvalue weighted by Crippen LogP contribution is 2.47.